The second kappa shape index (κ2) is 6.51. The Hall–Kier alpha value is -1.63. The summed E-state index contributed by atoms with van der Waals surface area (Å²) in [7, 11) is 3.24. The zero-order valence-corrected chi connectivity index (χ0v) is 12.2. The van der Waals surface area contributed by atoms with Gasteiger partial charge in [0.25, 0.3) is 0 Å². The molecule has 7 heteroatoms. The lowest BCUT2D eigenvalue weighted by Crippen LogP contribution is -2.35. The van der Waals surface area contributed by atoms with Gasteiger partial charge in [-0.2, -0.15) is 15.0 Å². The molecule has 0 aromatic carbocycles. The van der Waals surface area contributed by atoms with Crippen molar-refractivity contribution in [1.29, 1.82) is 0 Å². The Bertz CT molecular complexity index is 383. The lowest BCUT2D eigenvalue weighted by atomic mass is 9.85. The third kappa shape index (κ3) is 4.51. The van der Waals surface area contributed by atoms with Gasteiger partial charge in [0, 0.05) is 19.7 Å². The minimum Gasteiger partial charge on any atom is -0.467 e. The summed E-state index contributed by atoms with van der Waals surface area (Å²) < 4.78 is 5.03. The molecule has 0 aliphatic carbocycles. The van der Waals surface area contributed by atoms with Gasteiger partial charge in [-0.25, -0.2) is 0 Å². The fourth-order valence-corrected chi connectivity index (χ4v) is 1.63. The molecule has 0 spiro atoms. The van der Waals surface area contributed by atoms with Crippen molar-refractivity contribution in [3.8, 4) is 6.01 Å². The fourth-order valence-electron chi connectivity index (χ4n) is 1.63. The Balaban J connectivity index is 2.95. The molecule has 19 heavy (non-hydrogen) atoms. The number of nitrogens with zero attached hydrogens (tertiary/aromatic N) is 3. The van der Waals surface area contributed by atoms with E-state index in [9.17, 15) is 0 Å². The van der Waals surface area contributed by atoms with Gasteiger partial charge in [0.1, 0.15) is 0 Å². The maximum Gasteiger partial charge on any atom is 0.322 e. The van der Waals surface area contributed by atoms with Crippen molar-refractivity contribution in [2.24, 2.45) is 5.41 Å². The molecule has 0 aliphatic rings. The van der Waals surface area contributed by atoms with Crippen molar-refractivity contribution in [2.75, 3.05) is 31.4 Å². The number of aromatic nitrogens is 3. The molecule has 0 saturated carbocycles. The summed E-state index contributed by atoms with van der Waals surface area (Å²) in [5, 5.41) is 15.2. The average molecular weight is 269 g/mol. The molecule has 1 atom stereocenters. The van der Waals surface area contributed by atoms with Crippen LogP contribution in [0.4, 0.5) is 11.9 Å². The smallest absolute Gasteiger partial charge is 0.322 e. The van der Waals surface area contributed by atoms with E-state index in [2.05, 4.69) is 46.4 Å². The Morgan fingerprint density at radius 3 is 2.32 bits per heavy atom. The highest BCUT2D eigenvalue weighted by Gasteiger charge is 2.25. The first-order valence-electron chi connectivity index (χ1n) is 6.26. The molecular formula is C12H23N5O2. The minimum atomic E-state index is -0.0254. The van der Waals surface area contributed by atoms with E-state index in [4.69, 9.17) is 9.84 Å². The van der Waals surface area contributed by atoms with Crippen molar-refractivity contribution >= 4 is 11.9 Å². The molecule has 0 aliphatic heterocycles. The molecule has 0 bridgehead atoms. The predicted molar refractivity (Wildman–Crippen MR) is 74.5 cm³/mol. The van der Waals surface area contributed by atoms with E-state index in [1.54, 1.807) is 7.05 Å². The van der Waals surface area contributed by atoms with Gasteiger partial charge in [-0.15, -0.1) is 0 Å². The number of nitrogens with one attached hydrogen (secondary N) is 2. The summed E-state index contributed by atoms with van der Waals surface area (Å²) in [4.78, 5) is 12.4. The molecule has 7 nitrogen and oxygen atoms in total. The van der Waals surface area contributed by atoms with E-state index >= 15 is 0 Å². The Morgan fingerprint density at radius 1 is 1.21 bits per heavy atom. The van der Waals surface area contributed by atoms with Crippen LogP contribution in [-0.4, -0.2) is 46.9 Å². The molecule has 0 saturated heterocycles. The van der Waals surface area contributed by atoms with Crippen molar-refractivity contribution < 1.29 is 9.84 Å². The van der Waals surface area contributed by atoms with Crippen molar-refractivity contribution in [2.45, 2.75) is 33.2 Å². The number of anilines is 2. The van der Waals surface area contributed by atoms with Gasteiger partial charge in [-0.3, -0.25) is 0 Å². The molecule has 1 aromatic heterocycles. The Labute approximate surface area is 113 Å². The van der Waals surface area contributed by atoms with E-state index in [0.29, 0.717) is 18.3 Å². The van der Waals surface area contributed by atoms with E-state index in [0.717, 1.165) is 0 Å². The van der Waals surface area contributed by atoms with Gasteiger partial charge in [0.2, 0.25) is 11.9 Å². The quantitative estimate of drug-likeness (QED) is 0.713. The van der Waals surface area contributed by atoms with Crippen molar-refractivity contribution in [1.82, 2.24) is 15.0 Å². The van der Waals surface area contributed by atoms with Crippen LogP contribution in [0.3, 0.4) is 0 Å². The van der Waals surface area contributed by atoms with Gasteiger partial charge in [0.15, 0.2) is 0 Å². The molecule has 3 N–H and O–H groups in total. The SMILES string of the molecule is CNc1nc(NC(CCO)C(C)(C)C)nc(OC)n1. The summed E-state index contributed by atoms with van der Waals surface area (Å²) in [6.45, 7) is 6.39. The van der Waals surface area contributed by atoms with Crippen LogP contribution in [-0.2, 0) is 0 Å². The molecular weight excluding hydrogens is 246 g/mol. The summed E-state index contributed by atoms with van der Waals surface area (Å²) in [6.07, 6.45) is 0.617. The lowest BCUT2D eigenvalue weighted by Gasteiger charge is -2.31. The molecule has 0 radical (unpaired) electrons. The van der Waals surface area contributed by atoms with E-state index in [-0.39, 0.29) is 24.1 Å². The molecule has 1 unspecified atom stereocenters. The monoisotopic (exact) mass is 269 g/mol. The number of methoxy groups -OCH3 is 1. The number of hydrogen-bond donors (Lipinski definition) is 3. The molecule has 1 aromatic rings. The standard InChI is InChI=1S/C12H23N5O2/c1-12(2,3)8(6-7-18)14-10-15-9(13-4)16-11(17-10)19-5/h8,18H,6-7H2,1-5H3,(H2,13,14,15,16,17). The minimum absolute atomic E-state index is 0.0254. The second-order valence-electron chi connectivity index (χ2n) is 5.29. The molecule has 1 rings (SSSR count). The number of hydrogen-bond acceptors (Lipinski definition) is 7. The topological polar surface area (TPSA) is 92.2 Å². The average Bonchev–Trinajstić information content (AvgIpc) is 2.36. The molecule has 0 amide bonds. The van der Waals surface area contributed by atoms with Crippen molar-refractivity contribution in [3.05, 3.63) is 0 Å². The number of ether oxygens (including phenoxy) is 1. The first-order chi connectivity index (χ1) is 8.90. The number of aliphatic hydroxyl groups is 1. The zero-order valence-electron chi connectivity index (χ0n) is 12.2. The Kier molecular flexibility index (Phi) is 5.29. The van der Waals surface area contributed by atoms with E-state index < -0.39 is 0 Å². The number of rotatable bonds is 6. The molecule has 1 heterocycles. The van der Waals surface area contributed by atoms with Gasteiger partial charge in [-0.05, 0) is 11.8 Å². The zero-order chi connectivity index (χ0) is 14.5. The number of aliphatic hydroxyl groups excluding tert-OH is 1. The van der Waals surface area contributed by atoms with E-state index in [1.807, 2.05) is 0 Å². The van der Waals surface area contributed by atoms with Crippen LogP contribution in [0, 0.1) is 5.41 Å². The van der Waals surface area contributed by atoms with E-state index in [1.165, 1.54) is 7.11 Å². The van der Waals surface area contributed by atoms with Gasteiger partial charge in [-0.1, -0.05) is 20.8 Å². The largest absolute Gasteiger partial charge is 0.467 e. The first-order valence-corrected chi connectivity index (χ1v) is 6.26. The summed E-state index contributed by atoms with van der Waals surface area (Å²) >= 11 is 0. The molecule has 0 fully saturated rings. The normalized spacial score (nSPS) is 12.9. The summed E-state index contributed by atoms with van der Waals surface area (Å²) in [5.74, 6) is 0.871. The van der Waals surface area contributed by atoms with Crippen LogP contribution in [0.2, 0.25) is 0 Å². The fraction of sp³-hybridized carbons (Fsp3) is 0.750. The van der Waals surface area contributed by atoms with Crippen LogP contribution >= 0.6 is 0 Å². The van der Waals surface area contributed by atoms with Crippen LogP contribution in [0.15, 0.2) is 0 Å². The lowest BCUT2D eigenvalue weighted by molar-refractivity contribution is 0.234. The van der Waals surface area contributed by atoms with Crippen LogP contribution in [0.25, 0.3) is 0 Å². The van der Waals surface area contributed by atoms with Crippen molar-refractivity contribution in [3.63, 3.8) is 0 Å². The first kappa shape index (κ1) is 15.4. The Morgan fingerprint density at radius 2 is 1.84 bits per heavy atom. The molecule has 108 valence electrons. The highest BCUT2D eigenvalue weighted by atomic mass is 16.5. The van der Waals surface area contributed by atoms with Gasteiger partial charge in [0.05, 0.1) is 7.11 Å². The highest BCUT2D eigenvalue weighted by molar-refractivity contribution is 5.36. The second-order valence-corrected chi connectivity index (χ2v) is 5.29. The van der Waals surface area contributed by atoms with Gasteiger partial charge < -0.3 is 20.5 Å². The maximum absolute atomic E-state index is 9.15. The highest BCUT2D eigenvalue weighted by Crippen LogP contribution is 2.25. The predicted octanol–water partition coefficient (Wildman–Crippen LogP) is 1.13. The van der Waals surface area contributed by atoms with Crippen LogP contribution in [0.1, 0.15) is 27.2 Å². The van der Waals surface area contributed by atoms with Gasteiger partial charge >= 0.3 is 6.01 Å². The third-order valence-corrected chi connectivity index (χ3v) is 2.79. The summed E-state index contributed by atoms with van der Waals surface area (Å²) in [5.41, 5.74) is -0.0254. The van der Waals surface area contributed by atoms with Crippen LogP contribution in [0.5, 0.6) is 6.01 Å². The maximum atomic E-state index is 9.15. The summed E-state index contributed by atoms with van der Waals surface area (Å²) in [6, 6.07) is 0.299. The van der Waals surface area contributed by atoms with Crippen LogP contribution < -0.4 is 15.4 Å². The third-order valence-electron chi connectivity index (χ3n) is 2.79.